The van der Waals surface area contributed by atoms with E-state index in [0.29, 0.717) is 21.3 Å². The number of aromatic nitrogens is 1. The van der Waals surface area contributed by atoms with Crippen LogP contribution >= 0.6 is 23.2 Å². The van der Waals surface area contributed by atoms with Crippen LogP contribution in [0.3, 0.4) is 0 Å². The van der Waals surface area contributed by atoms with E-state index in [1.54, 1.807) is 18.2 Å². The average molecular weight is 411 g/mol. The van der Waals surface area contributed by atoms with Gasteiger partial charge in [-0.2, -0.15) is 0 Å². The largest absolute Gasteiger partial charge is 0.465 e. The van der Waals surface area contributed by atoms with Gasteiger partial charge in [0.25, 0.3) is 0 Å². The smallest absolute Gasteiger partial charge is 0.340 e. The van der Waals surface area contributed by atoms with Crippen LogP contribution in [0.25, 0.3) is 16.6 Å². The minimum absolute atomic E-state index is 0.383. The van der Waals surface area contributed by atoms with Gasteiger partial charge in [0.1, 0.15) is 0 Å². The molecule has 0 spiro atoms. The summed E-state index contributed by atoms with van der Waals surface area (Å²) in [6.07, 6.45) is 2.01. The third-order valence-corrected chi connectivity index (χ3v) is 4.95. The molecule has 0 saturated carbocycles. The molecule has 0 bridgehead atoms. The Hall–Kier alpha value is -2.95. The van der Waals surface area contributed by atoms with Gasteiger partial charge >= 0.3 is 5.97 Å². The Balaban J connectivity index is 1.69. The van der Waals surface area contributed by atoms with Crippen LogP contribution in [-0.2, 0) is 4.74 Å². The number of esters is 1. The van der Waals surface area contributed by atoms with Crippen molar-refractivity contribution in [1.29, 1.82) is 0 Å². The molecule has 0 saturated heterocycles. The minimum Gasteiger partial charge on any atom is -0.465 e. The number of fused-ring (bicyclic) bond motifs is 1. The van der Waals surface area contributed by atoms with Crippen LogP contribution in [0.4, 0.5) is 11.4 Å². The number of hydrogen-bond donors (Lipinski definition) is 1. The predicted molar refractivity (Wildman–Crippen MR) is 114 cm³/mol. The summed E-state index contributed by atoms with van der Waals surface area (Å²) in [5.74, 6) is -0.444. The van der Waals surface area contributed by atoms with Crippen molar-refractivity contribution >= 4 is 51.4 Å². The van der Waals surface area contributed by atoms with Crippen LogP contribution in [0.1, 0.15) is 10.4 Å². The zero-order valence-electron chi connectivity index (χ0n) is 14.9. The third kappa shape index (κ3) is 3.57. The fraction of sp³-hybridized carbons (Fsp3) is 0.0455. The van der Waals surface area contributed by atoms with Crippen molar-refractivity contribution in [2.75, 3.05) is 12.4 Å². The first-order valence-corrected chi connectivity index (χ1v) is 9.33. The van der Waals surface area contributed by atoms with Gasteiger partial charge in [0, 0.05) is 33.0 Å². The molecule has 0 aliphatic carbocycles. The molecule has 140 valence electrons. The molecule has 6 heteroatoms. The van der Waals surface area contributed by atoms with Crippen molar-refractivity contribution in [1.82, 2.24) is 4.57 Å². The molecule has 0 amide bonds. The molecule has 0 radical (unpaired) electrons. The molecule has 0 unspecified atom stereocenters. The topological polar surface area (TPSA) is 43.3 Å². The summed E-state index contributed by atoms with van der Waals surface area (Å²) in [6, 6.07) is 20.8. The van der Waals surface area contributed by atoms with Crippen molar-refractivity contribution in [2.45, 2.75) is 0 Å². The molecule has 4 nitrogen and oxygen atoms in total. The summed E-state index contributed by atoms with van der Waals surface area (Å²) in [5.41, 5.74) is 3.97. The number of anilines is 2. The van der Waals surface area contributed by atoms with Crippen molar-refractivity contribution in [3.8, 4) is 5.69 Å². The highest BCUT2D eigenvalue weighted by atomic mass is 35.5. The highest BCUT2D eigenvalue weighted by molar-refractivity contribution is 6.31. The number of halogens is 2. The second-order valence-corrected chi connectivity index (χ2v) is 7.12. The normalized spacial score (nSPS) is 10.8. The number of nitrogens with zero attached hydrogens (tertiary/aromatic N) is 1. The number of carbonyl (C=O) groups is 1. The monoisotopic (exact) mass is 410 g/mol. The van der Waals surface area contributed by atoms with Crippen LogP contribution in [0.5, 0.6) is 0 Å². The van der Waals surface area contributed by atoms with E-state index in [0.717, 1.165) is 22.3 Å². The van der Waals surface area contributed by atoms with E-state index < -0.39 is 5.97 Å². The molecule has 0 fully saturated rings. The Morgan fingerprint density at radius 1 is 0.929 bits per heavy atom. The first kappa shape index (κ1) is 18.4. The predicted octanol–water partition coefficient (Wildman–Crippen LogP) is 6.47. The number of carbonyl (C=O) groups excluding carboxylic acids is 1. The highest BCUT2D eigenvalue weighted by Crippen LogP contribution is 2.29. The molecule has 4 aromatic rings. The van der Waals surface area contributed by atoms with Crippen molar-refractivity contribution in [2.24, 2.45) is 0 Å². The minimum atomic E-state index is -0.444. The highest BCUT2D eigenvalue weighted by Gasteiger charge is 2.13. The number of benzene rings is 3. The van der Waals surface area contributed by atoms with E-state index in [-0.39, 0.29) is 0 Å². The molecule has 4 rings (SSSR count). The standard InChI is InChI=1S/C22H16Cl2N2O2/c1-28-22(27)19-13-16(24)4-8-20(19)25-17-5-9-21-14(12-17)10-11-26(21)18-6-2-15(23)3-7-18/h2-13,25H,1H3. The number of ether oxygens (including phenoxy) is 1. The summed E-state index contributed by atoms with van der Waals surface area (Å²) in [7, 11) is 1.35. The lowest BCUT2D eigenvalue weighted by Crippen LogP contribution is -2.05. The summed E-state index contributed by atoms with van der Waals surface area (Å²) >= 11 is 12.0. The van der Waals surface area contributed by atoms with E-state index in [2.05, 4.69) is 9.88 Å². The van der Waals surface area contributed by atoms with Gasteiger partial charge in [-0.3, -0.25) is 0 Å². The molecule has 1 aromatic heterocycles. The van der Waals surface area contributed by atoms with Crippen molar-refractivity contribution in [3.63, 3.8) is 0 Å². The Kier molecular flexibility index (Phi) is 4.99. The molecule has 1 N–H and O–H groups in total. The number of hydrogen-bond acceptors (Lipinski definition) is 3. The van der Waals surface area contributed by atoms with E-state index in [9.17, 15) is 4.79 Å². The number of rotatable bonds is 4. The van der Waals surface area contributed by atoms with Crippen LogP contribution in [0.2, 0.25) is 10.0 Å². The SMILES string of the molecule is COC(=O)c1cc(Cl)ccc1Nc1ccc2c(ccn2-c2ccc(Cl)cc2)c1. The Bertz CT molecular complexity index is 1170. The second-order valence-electron chi connectivity index (χ2n) is 6.24. The van der Waals surface area contributed by atoms with E-state index in [1.807, 2.05) is 54.7 Å². The maximum absolute atomic E-state index is 12.0. The molecule has 28 heavy (non-hydrogen) atoms. The zero-order chi connectivity index (χ0) is 19.7. The summed E-state index contributed by atoms with van der Waals surface area (Å²) < 4.78 is 6.95. The van der Waals surface area contributed by atoms with Crippen LogP contribution in [0.15, 0.2) is 72.9 Å². The number of methoxy groups -OCH3 is 1. The van der Waals surface area contributed by atoms with Gasteiger partial charge in [0.15, 0.2) is 0 Å². The Morgan fingerprint density at radius 3 is 2.43 bits per heavy atom. The fourth-order valence-electron chi connectivity index (χ4n) is 3.11. The molecule has 0 atom stereocenters. The maximum Gasteiger partial charge on any atom is 0.340 e. The van der Waals surface area contributed by atoms with Gasteiger partial charge < -0.3 is 14.6 Å². The Morgan fingerprint density at radius 2 is 1.68 bits per heavy atom. The van der Waals surface area contributed by atoms with Gasteiger partial charge in [-0.05, 0) is 66.7 Å². The van der Waals surface area contributed by atoms with Crippen LogP contribution in [0, 0.1) is 0 Å². The zero-order valence-corrected chi connectivity index (χ0v) is 16.5. The second kappa shape index (κ2) is 7.58. The lowest BCUT2D eigenvalue weighted by Gasteiger charge is -2.12. The van der Waals surface area contributed by atoms with E-state index >= 15 is 0 Å². The summed E-state index contributed by atoms with van der Waals surface area (Å²) in [4.78, 5) is 12.0. The van der Waals surface area contributed by atoms with Gasteiger partial charge in [-0.25, -0.2) is 4.79 Å². The van der Waals surface area contributed by atoms with Gasteiger partial charge in [-0.1, -0.05) is 23.2 Å². The molecular formula is C22H16Cl2N2O2. The lowest BCUT2D eigenvalue weighted by molar-refractivity contribution is 0.0602. The van der Waals surface area contributed by atoms with Crippen LogP contribution in [-0.4, -0.2) is 17.6 Å². The maximum atomic E-state index is 12.0. The molecule has 0 aliphatic rings. The summed E-state index contributed by atoms with van der Waals surface area (Å²) in [6.45, 7) is 0. The van der Waals surface area contributed by atoms with Crippen molar-refractivity contribution < 1.29 is 9.53 Å². The van der Waals surface area contributed by atoms with Gasteiger partial charge in [-0.15, -0.1) is 0 Å². The van der Waals surface area contributed by atoms with Crippen LogP contribution < -0.4 is 5.32 Å². The van der Waals surface area contributed by atoms with Crippen molar-refractivity contribution in [3.05, 3.63) is 88.5 Å². The van der Waals surface area contributed by atoms with E-state index in [4.69, 9.17) is 27.9 Å². The quantitative estimate of drug-likeness (QED) is 0.392. The van der Waals surface area contributed by atoms with E-state index in [1.165, 1.54) is 7.11 Å². The van der Waals surface area contributed by atoms with Gasteiger partial charge in [0.2, 0.25) is 0 Å². The lowest BCUT2D eigenvalue weighted by atomic mass is 10.1. The average Bonchev–Trinajstić information content (AvgIpc) is 3.12. The fourth-order valence-corrected chi connectivity index (χ4v) is 3.41. The molecule has 0 aliphatic heterocycles. The molecular weight excluding hydrogens is 395 g/mol. The molecule has 1 heterocycles. The third-order valence-electron chi connectivity index (χ3n) is 4.46. The number of nitrogens with one attached hydrogen (secondary N) is 1. The van der Waals surface area contributed by atoms with Gasteiger partial charge in [0.05, 0.1) is 23.9 Å². The molecule has 3 aromatic carbocycles. The first-order chi connectivity index (χ1) is 13.5. The first-order valence-electron chi connectivity index (χ1n) is 8.57. The Labute approximate surface area is 172 Å². The summed E-state index contributed by atoms with van der Waals surface area (Å²) in [5, 5.41) is 5.52.